The number of hydrogen-bond acceptors (Lipinski definition) is 4. The van der Waals surface area contributed by atoms with E-state index in [4.69, 9.17) is 22.7 Å². The summed E-state index contributed by atoms with van der Waals surface area (Å²) in [4.78, 5) is 13.5. The van der Waals surface area contributed by atoms with E-state index in [2.05, 4.69) is 10.2 Å². The van der Waals surface area contributed by atoms with Crippen molar-refractivity contribution in [2.45, 2.75) is 6.42 Å². The standard InChI is InChI=1S/C14H21N3O2S/c1-16-13(18)7-8-17(2)9-10-19-12-5-3-11(4-6-12)14(15)20/h3-6H,7-10H2,1-2H3,(H2,15,20)(H,16,18). The highest BCUT2D eigenvalue weighted by Gasteiger charge is 2.03. The van der Waals surface area contributed by atoms with Crippen LogP contribution in [0.4, 0.5) is 0 Å². The summed E-state index contributed by atoms with van der Waals surface area (Å²) in [6.07, 6.45) is 0.496. The number of nitrogens with zero attached hydrogens (tertiary/aromatic N) is 1. The van der Waals surface area contributed by atoms with Crippen molar-refractivity contribution in [2.24, 2.45) is 5.73 Å². The second-order valence-corrected chi connectivity index (χ2v) is 4.90. The number of amides is 1. The molecule has 0 atom stereocenters. The summed E-state index contributed by atoms with van der Waals surface area (Å²) < 4.78 is 5.62. The molecule has 6 heteroatoms. The van der Waals surface area contributed by atoms with Gasteiger partial charge in [0.25, 0.3) is 0 Å². The highest BCUT2D eigenvalue weighted by Crippen LogP contribution is 2.11. The highest BCUT2D eigenvalue weighted by atomic mass is 32.1. The number of nitrogens with two attached hydrogens (primary N) is 1. The Hall–Kier alpha value is -1.66. The molecule has 1 rings (SSSR count). The fourth-order valence-corrected chi connectivity index (χ4v) is 1.70. The molecule has 0 unspecified atom stereocenters. The summed E-state index contributed by atoms with van der Waals surface area (Å²) in [5, 5.41) is 2.60. The van der Waals surface area contributed by atoms with E-state index in [1.54, 1.807) is 7.05 Å². The molecule has 3 N–H and O–H groups in total. The van der Waals surface area contributed by atoms with Crippen LogP contribution in [0, 0.1) is 0 Å². The van der Waals surface area contributed by atoms with Crippen molar-refractivity contribution < 1.29 is 9.53 Å². The lowest BCUT2D eigenvalue weighted by molar-refractivity contribution is -0.120. The molecule has 0 fully saturated rings. The molecule has 0 heterocycles. The van der Waals surface area contributed by atoms with Crippen molar-refractivity contribution in [1.82, 2.24) is 10.2 Å². The third kappa shape index (κ3) is 5.99. The van der Waals surface area contributed by atoms with E-state index >= 15 is 0 Å². The molecule has 5 nitrogen and oxygen atoms in total. The molecule has 0 bridgehead atoms. The first kappa shape index (κ1) is 16.4. The summed E-state index contributed by atoms with van der Waals surface area (Å²) in [5.41, 5.74) is 6.35. The minimum absolute atomic E-state index is 0.0473. The number of rotatable bonds is 8. The molecule has 0 aromatic heterocycles. The van der Waals surface area contributed by atoms with Crippen LogP contribution < -0.4 is 15.8 Å². The van der Waals surface area contributed by atoms with Crippen molar-refractivity contribution >= 4 is 23.1 Å². The number of likely N-dealkylation sites (N-methyl/N-ethyl adjacent to an activating group) is 1. The number of thiocarbonyl (C=S) groups is 1. The molecule has 0 spiro atoms. The molecule has 1 aromatic carbocycles. The van der Waals surface area contributed by atoms with E-state index in [1.807, 2.05) is 31.3 Å². The molecule has 110 valence electrons. The molecule has 1 aromatic rings. The molecular weight excluding hydrogens is 274 g/mol. The fourth-order valence-electron chi connectivity index (χ4n) is 1.56. The first-order valence-electron chi connectivity index (χ1n) is 6.44. The fraction of sp³-hybridized carbons (Fsp3) is 0.429. The van der Waals surface area contributed by atoms with E-state index < -0.39 is 0 Å². The van der Waals surface area contributed by atoms with Gasteiger partial charge in [0.05, 0.1) is 0 Å². The average molecular weight is 295 g/mol. The maximum absolute atomic E-state index is 11.1. The second-order valence-electron chi connectivity index (χ2n) is 4.46. The normalized spacial score (nSPS) is 10.3. The Morgan fingerprint density at radius 1 is 1.35 bits per heavy atom. The summed E-state index contributed by atoms with van der Waals surface area (Å²) in [6.45, 7) is 2.04. The Balaban J connectivity index is 2.26. The summed E-state index contributed by atoms with van der Waals surface area (Å²) in [7, 11) is 3.60. The van der Waals surface area contributed by atoms with Crippen LogP contribution in [0.25, 0.3) is 0 Å². The molecule has 0 saturated heterocycles. The van der Waals surface area contributed by atoms with Gasteiger partial charge in [0.15, 0.2) is 0 Å². The van der Waals surface area contributed by atoms with Gasteiger partial charge in [-0.15, -0.1) is 0 Å². The number of benzene rings is 1. The first-order chi connectivity index (χ1) is 9.52. The smallest absolute Gasteiger partial charge is 0.221 e. The maximum Gasteiger partial charge on any atom is 0.221 e. The minimum atomic E-state index is 0.0473. The molecule has 0 aliphatic heterocycles. The number of carbonyl (C=O) groups is 1. The van der Waals surface area contributed by atoms with Crippen LogP contribution in [0.2, 0.25) is 0 Å². The average Bonchev–Trinajstić information content (AvgIpc) is 2.45. The van der Waals surface area contributed by atoms with E-state index in [-0.39, 0.29) is 5.91 Å². The van der Waals surface area contributed by atoms with Crippen LogP contribution in [-0.2, 0) is 4.79 Å². The summed E-state index contributed by atoms with van der Waals surface area (Å²) >= 11 is 4.88. The van der Waals surface area contributed by atoms with Gasteiger partial charge in [-0.1, -0.05) is 12.2 Å². The van der Waals surface area contributed by atoms with Gasteiger partial charge < -0.3 is 20.7 Å². The first-order valence-corrected chi connectivity index (χ1v) is 6.85. The highest BCUT2D eigenvalue weighted by molar-refractivity contribution is 7.80. The van der Waals surface area contributed by atoms with Crippen molar-refractivity contribution in [3.63, 3.8) is 0 Å². The SMILES string of the molecule is CNC(=O)CCN(C)CCOc1ccc(C(N)=S)cc1. The van der Waals surface area contributed by atoms with Crippen molar-refractivity contribution in [3.8, 4) is 5.75 Å². The van der Waals surface area contributed by atoms with Gasteiger partial charge in [0.2, 0.25) is 5.91 Å². The maximum atomic E-state index is 11.1. The Labute approximate surface area is 125 Å². The lowest BCUT2D eigenvalue weighted by Crippen LogP contribution is -2.29. The number of hydrogen-bond donors (Lipinski definition) is 2. The molecular formula is C14H21N3O2S. The van der Waals surface area contributed by atoms with Gasteiger partial charge in [-0.05, 0) is 31.3 Å². The van der Waals surface area contributed by atoms with E-state index in [1.165, 1.54) is 0 Å². The lowest BCUT2D eigenvalue weighted by atomic mass is 10.2. The minimum Gasteiger partial charge on any atom is -0.492 e. The Kier molecular flexibility index (Phi) is 6.97. The van der Waals surface area contributed by atoms with Gasteiger partial charge in [-0.25, -0.2) is 0 Å². The largest absolute Gasteiger partial charge is 0.492 e. The Morgan fingerprint density at radius 3 is 2.55 bits per heavy atom. The molecule has 0 aliphatic rings. The number of nitrogens with one attached hydrogen (secondary N) is 1. The van der Waals surface area contributed by atoms with E-state index in [0.717, 1.165) is 17.9 Å². The topological polar surface area (TPSA) is 67.6 Å². The van der Waals surface area contributed by atoms with Crippen LogP contribution in [0.15, 0.2) is 24.3 Å². The molecule has 0 saturated carbocycles. The predicted molar refractivity (Wildman–Crippen MR) is 84.0 cm³/mol. The van der Waals surface area contributed by atoms with E-state index in [0.29, 0.717) is 24.6 Å². The Bertz CT molecular complexity index is 448. The molecule has 0 radical (unpaired) electrons. The van der Waals surface area contributed by atoms with Crippen LogP contribution in [0.1, 0.15) is 12.0 Å². The van der Waals surface area contributed by atoms with Gasteiger partial charge in [-0.3, -0.25) is 4.79 Å². The van der Waals surface area contributed by atoms with Gasteiger partial charge >= 0.3 is 0 Å². The molecule has 1 amide bonds. The summed E-state index contributed by atoms with van der Waals surface area (Å²) in [6, 6.07) is 7.37. The zero-order valence-corrected chi connectivity index (χ0v) is 12.7. The summed E-state index contributed by atoms with van der Waals surface area (Å²) in [5.74, 6) is 0.829. The van der Waals surface area contributed by atoms with E-state index in [9.17, 15) is 4.79 Å². The van der Waals surface area contributed by atoms with Crippen molar-refractivity contribution in [3.05, 3.63) is 29.8 Å². The molecule has 0 aliphatic carbocycles. The van der Waals surface area contributed by atoms with Crippen LogP contribution in [0.3, 0.4) is 0 Å². The van der Waals surface area contributed by atoms with Crippen LogP contribution >= 0.6 is 12.2 Å². The number of ether oxygens (including phenoxy) is 1. The van der Waals surface area contributed by atoms with Crippen LogP contribution in [0.5, 0.6) is 5.75 Å². The zero-order chi connectivity index (χ0) is 15.0. The third-order valence-electron chi connectivity index (χ3n) is 2.88. The predicted octanol–water partition coefficient (Wildman–Crippen LogP) is 0.768. The third-order valence-corrected chi connectivity index (χ3v) is 3.12. The lowest BCUT2D eigenvalue weighted by Gasteiger charge is -2.16. The van der Waals surface area contributed by atoms with Crippen molar-refractivity contribution in [2.75, 3.05) is 33.8 Å². The molecule has 20 heavy (non-hydrogen) atoms. The van der Waals surface area contributed by atoms with Gasteiger partial charge in [0, 0.05) is 32.1 Å². The number of carbonyl (C=O) groups excluding carboxylic acids is 1. The monoisotopic (exact) mass is 295 g/mol. The Morgan fingerprint density at radius 2 is 2.00 bits per heavy atom. The van der Waals surface area contributed by atoms with Gasteiger partial charge in [-0.2, -0.15) is 0 Å². The second kappa shape index (κ2) is 8.50. The van der Waals surface area contributed by atoms with Gasteiger partial charge in [0.1, 0.15) is 17.3 Å². The van der Waals surface area contributed by atoms with Crippen molar-refractivity contribution in [1.29, 1.82) is 0 Å². The van der Waals surface area contributed by atoms with Crippen LogP contribution in [-0.4, -0.2) is 49.6 Å². The quantitative estimate of drug-likeness (QED) is 0.693. The zero-order valence-electron chi connectivity index (χ0n) is 11.9.